The molecule has 4 atom stereocenters. The van der Waals surface area contributed by atoms with Crippen LogP contribution in [0.2, 0.25) is 0 Å². The van der Waals surface area contributed by atoms with Gasteiger partial charge >= 0.3 is 0 Å². The molecular weight excluding hydrogens is 456 g/mol. The number of anilines is 1. The van der Waals surface area contributed by atoms with Gasteiger partial charge in [0, 0.05) is 12.0 Å². The Morgan fingerprint density at radius 2 is 1.74 bits per heavy atom. The maximum atomic E-state index is 14.1. The van der Waals surface area contributed by atoms with Crippen molar-refractivity contribution >= 4 is 46.4 Å². The number of rotatable bonds is 7. The minimum absolute atomic E-state index is 0.0111. The number of unbranched alkanes of at least 4 members (excludes halogenated alkanes) is 1. The van der Waals surface area contributed by atoms with Crippen molar-refractivity contribution in [3.05, 3.63) is 53.6 Å². The summed E-state index contributed by atoms with van der Waals surface area (Å²) in [5, 5.41) is 12.6. The molecule has 1 aliphatic rings. The normalized spacial score (nSPS) is 22.6. The van der Waals surface area contributed by atoms with E-state index in [1.165, 1.54) is 5.56 Å². The van der Waals surface area contributed by atoms with Gasteiger partial charge in [0.2, 0.25) is 5.91 Å². The molecule has 184 valence electrons. The Morgan fingerprint density at radius 1 is 1.09 bits per heavy atom. The van der Waals surface area contributed by atoms with Crippen molar-refractivity contribution < 1.29 is 4.79 Å². The van der Waals surface area contributed by atoms with Gasteiger partial charge in [-0.3, -0.25) is 4.79 Å². The SMILES string of the molecule is CCCCC1(C)C(c2ccc(C)cc2)=NN(c2ccc(P)cc2P)C1(C)C(=O)NCC(C)(C)C. The minimum Gasteiger partial charge on any atom is -0.353 e. The predicted molar refractivity (Wildman–Crippen MR) is 154 cm³/mol. The molecule has 6 heteroatoms. The molecule has 0 aromatic heterocycles. The maximum absolute atomic E-state index is 14.1. The summed E-state index contributed by atoms with van der Waals surface area (Å²) < 4.78 is 0. The Labute approximate surface area is 210 Å². The maximum Gasteiger partial charge on any atom is 0.248 e. The quantitative estimate of drug-likeness (QED) is 0.525. The van der Waals surface area contributed by atoms with Crippen LogP contribution in [0.25, 0.3) is 0 Å². The van der Waals surface area contributed by atoms with Crippen LogP contribution in [0.5, 0.6) is 0 Å². The summed E-state index contributed by atoms with van der Waals surface area (Å²) >= 11 is 0. The van der Waals surface area contributed by atoms with Gasteiger partial charge in [0.25, 0.3) is 0 Å². The summed E-state index contributed by atoms with van der Waals surface area (Å²) in [6.45, 7) is 15.6. The van der Waals surface area contributed by atoms with Crippen LogP contribution in [0.3, 0.4) is 0 Å². The molecule has 0 aliphatic carbocycles. The molecule has 2 aromatic carbocycles. The van der Waals surface area contributed by atoms with Crippen LogP contribution in [0.1, 0.15) is 71.9 Å². The fourth-order valence-corrected chi connectivity index (χ4v) is 5.56. The summed E-state index contributed by atoms with van der Waals surface area (Å²) in [4.78, 5) is 14.1. The lowest BCUT2D eigenvalue weighted by molar-refractivity contribution is -0.128. The van der Waals surface area contributed by atoms with Gasteiger partial charge in [0.15, 0.2) is 0 Å². The second-order valence-corrected chi connectivity index (χ2v) is 12.5. The number of carbonyl (C=O) groups is 1. The third-order valence-electron chi connectivity index (χ3n) is 7.08. The number of nitrogens with zero attached hydrogens (tertiary/aromatic N) is 2. The molecule has 1 amide bonds. The summed E-state index contributed by atoms with van der Waals surface area (Å²) in [5.74, 6) is 0.0197. The van der Waals surface area contributed by atoms with Crippen LogP contribution < -0.4 is 20.9 Å². The minimum atomic E-state index is -0.888. The molecule has 4 nitrogen and oxygen atoms in total. The van der Waals surface area contributed by atoms with E-state index in [0.717, 1.165) is 46.8 Å². The lowest BCUT2D eigenvalue weighted by Gasteiger charge is -2.45. The van der Waals surface area contributed by atoms with Crippen molar-refractivity contribution in [2.75, 3.05) is 11.6 Å². The van der Waals surface area contributed by atoms with Crippen molar-refractivity contribution in [2.45, 2.75) is 73.3 Å². The van der Waals surface area contributed by atoms with E-state index in [0.29, 0.717) is 6.54 Å². The molecule has 0 saturated heterocycles. The molecule has 34 heavy (non-hydrogen) atoms. The van der Waals surface area contributed by atoms with E-state index in [-0.39, 0.29) is 11.3 Å². The first kappa shape index (κ1) is 26.8. The Balaban J connectivity index is 2.23. The summed E-state index contributed by atoms with van der Waals surface area (Å²) in [5.41, 5.74) is 2.84. The van der Waals surface area contributed by atoms with E-state index in [1.807, 2.05) is 5.01 Å². The average Bonchev–Trinajstić information content (AvgIpc) is 2.99. The van der Waals surface area contributed by atoms with Gasteiger partial charge in [0.05, 0.1) is 11.4 Å². The number of nitrogens with one attached hydrogen (secondary N) is 1. The second kappa shape index (κ2) is 10.1. The van der Waals surface area contributed by atoms with Crippen molar-refractivity contribution in [1.82, 2.24) is 5.32 Å². The van der Waals surface area contributed by atoms with Crippen molar-refractivity contribution in [1.29, 1.82) is 0 Å². The van der Waals surface area contributed by atoms with Gasteiger partial charge in [0.1, 0.15) is 5.54 Å². The van der Waals surface area contributed by atoms with E-state index in [9.17, 15) is 4.79 Å². The fourth-order valence-electron chi connectivity index (χ4n) is 4.68. The predicted octanol–water partition coefficient (Wildman–Crippen LogP) is 5.34. The molecule has 0 saturated carbocycles. The molecule has 1 N–H and O–H groups in total. The number of carbonyl (C=O) groups excluding carboxylic acids is 1. The zero-order chi connectivity index (χ0) is 25.3. The van der Waals surface area contributed by atoms with Gasteiger partial charge in [-0.2, -0.15) is 5.10 Å². The number of amides is 1. The highest BCUT2D eigenvalue weighted by Crippen LogP contribution is 2.50. The molecule has 0 fully saturated rings. The molecule has 2 aromatic rings. The average molecular weight is 498 g/mol. The Kier molecular flexibility index (Phi) is 7.96. The molecule has 1 aliphatic heterocycles. The molecule has 1 heterocycles. The molecular formula is C28H41N3OP2. The first-order valence-corrected chi connectivity index (χ1v) is 13.4. The van der Waals surface area contributed by atoms with Crippen LogP contribution in [0.15, 0.2) is 47.6 Å². The van der Waals surface area contributed by atoms with Gasteiger partial charge in [-0.15, -0.1) is 18.5 Å². The van der Waals surface area contributed by atoms with E-state index in [1.54, 1.807) is 0 Å². The van der Waals surface area contributed by atoms with Crippen LogP contribution in [0.4, 0.5) is 5.69 Å². The Hall–Kier alpha value is -1.76. The monoisotopic (exact) mass is 497 g/mol. The Bertz CT molecular complexity index is 1070. The summed E-state index contributed by atoms with van der Waals surface area (Å²) in [7, 11) is 5.58. The van der Waals surface area contributed by atoms with Crippen molar-refractivity contribution in [2.24, 2.45) is 15.9 Å². The topological polar surface area (TPSA) is 44.7 Å². The standard InChI is InChI=1S/C28H41N3OP2/c1-8-9-16-27(6)24(20-12-10-19(2)11-13-20)30-31(22-15-14-21(33)17-23(22)34)28(27,7)25(32)29-18-26(3,4)5/h10-15,17H,8-9,16,18,33-34H2,1-7H3,(H,29,32). The molecule has 0 bridgehead atoms. The molecule has 0 radical (unpaired) electrons. The lowest BCUT2D eigenvalue weighted by Crippen LogP contribution is -2.63. The lowest BCUT2D eigenvalue weighted by atomic mass is 9.64. The fraction of sp³-hybridized carbons (Fsp3) is 0.500. The van der Waals surface area contributed by atoms with Gasteiger partial charge in [-0.1, -0.05) is 83.4 Å². The van der Waals surface area contributed by atoms with E-state index in [4.69, 9.17) is 5.10 Å². The van der Waals surface area contributed by atoms with Crippen LogP contribution in [-0.4, -0.2) is 23.7 Å². The largest absolute Gasteiger partial charge is 0.353 e. The second-order valence-electron chi connectivity index (χ2n) is 11.2. The van der Waals surface area contributed by atoms with Crippen LogP contribution >= 0.6 is 18.5 Å². The van der Waals surface area contributed by atoms with Crippen molar-refractivity contribution in [3.8, 4) is 0 Å². The van der Waals surface area contributed by atoms with Crippen LogP contribution in [-0.2, 0) is 4.79 Å². The third kappa shape index (κ3) is 5.09. The number of hydrogen-bond donors (Lipinski definition) is 1. The highest BCUT2D eigenvalue weighted by molar-refractivity contribution is 7.29. The van der Waals surface area contributed by atoms with Crippen LogP contribution in [0, 0.1) is 17.8 Å². The highest BCUT2D eigenvalue weighted by atomic mass is 31.0. The molecule has 3 rings (SSSR count). The number of benzene rings is 2. The van der Waals surface area contributed by atoms with Gasteiger partial charge < -0.3 is 5.32 Å². The van der Waals surface area contributed by atoms with E-state index >= 15 is 0 Å². The zero-order valence-corrected chi connectivity index (χ0v) is 24.1. The smallest absolute Gasteiger partial charge is 0.248 e. The summed E-state index contributed by atoms with van der Waals surface area (Å²) in [6.07, 6.45) is 2.96. The first-order chi connectivity index (χ1) is 15.8. The van der Waals surface area contributed by atoms with Gasteiger partial charge in [-0.25, -0.2) is 5.01 Å². The number of hydrazone groups is 1. The zero-order valence-electron chi connectivity index (χ0n) is 21.8. The van der Waals surface area contributed by atoms with Gasteiger partial charge in [-0.05, 0) is 54.0 Å². The third-order valence-corrected chi connectivity index (χ3v) is 7.90. The summed E-state index contributed by atoms with van der Waals surface area (Å²) in [6, 6.07) is 14.8. The van der Waals surface area contributed by atoms with E-state index < -0.39 is 11.0 Å². The first-order valence-electron chi connectivity index (χ1n) is 12.2. The molecule has 0 spiro atoms. The highest BCUT2D eigenvalue weighted by Gasteiger charge is 2.61. The number of hydrogen-bond acceptors (Lipinski definition) is 3. The Morgan fingerprint density at radius 3 is 2.29 bits per heavy atom. The molecule has 4 unspecified atom stereocenters. The van der Waals surface area contributed by atoms with Crippen molar-refractivity contribution in [3.63, 3.8) is 0 Å². The number of aryl methyl sites for hydroxylation is 1. The van der Waals surface area contributed by atoms with E-state index in [2.05, 4.69) is 115 Å².